The lowest BCUT2D eigenvalue weighted by atomic mass is 9.84. The van der Waals surface area contributed by atoms with Crippen LogP contribution in [0.2, 0.25) is 0 Å². The van der Waals surface area contributed by atoms with Crippen LogP contribution < -0.4 is 4.90 Å². The highest BCUT2D eigenvalue weighted by atomic mass is 32.2. The van der Waals surface area contributed by atoms with Crippen molar-refractivity contribution in [2.75, 3.05) is 19.7 Å². The van der Waals surface area contributed by atoms with Crippen LogP contribution in [0.3, 0.4) is 0 Å². The van der Waals surface area contributed by atoms with Crippen LogP contribution in [-0.4, -0.2) is 31.7 Å². The second-order valence-electron chi connectivity index (χ2n) is 8.01. The van der Waals surface area contributed by atoms with Gasteiger partial charge in [-0.2, -0.15) is 0 Å². The zero-order valence-corrected chi connectivity index (χ0v) is 17.2. The van der Waals surface area contributed by atoms with Gasteiger partial charge >= 0.3 is 5.97 Å². The average Bonchev–Trinajstić information content (AvgIpc) is 3.22. The molecule has 3 atom stereocenters. The standard InChI is InChI=1S/C23H29NO3S/c25-23(26-15-19-9-6-14-24-13-5-4-10-21(19)24)22-12-11-20(27-22)17-28-16-18-7-2-1-3-8-18/h1-3,7-8,11-12,19,21H,4-6,9-10,13-17H2/p+1/t19-,21-/m1/s1. The Morgan fingerprint density at radius 1 is 1.04 bits per heavy atom. The van der Waals surface area contributed by atoms with E-state index < -0.39 is 0 Å². The zero-order valence-electron chi connectivity index (χ0n) is 16.4. The number of hydrogen-bond acceptors (Lipinski definition) is 4. The normalized spacial score (nSPS) is 24.5. The van der Waals surface area contributed by atoms with Gasteiger partial charge in [-0.3, -0.25) is 0 Å². The third-order valence-corrected chi connectivity index (χ3v) is 7.10. The average molecular weight is 401 g/mol. The first-order valence-corrected chi connectivity index (χ1v) is 11.7. The van der Waals surface area contributed by atoms with Crippen LogP contribution >= 0.6 is 11.8 Å². The number of rotatable bonds is 7. The number of carbonyl (C=O) groups is 1. The van der Waals surface area contributed by atoms with E-state index in [1.807, 2.05) is 12.1 Å². The van der Waals surface area contributed by atoms with E-state index in [-0.39, 0.29) is 5.97 Å². The summed E-state index contributed by atoms with van der Waals surface area (Å²) in [5.41, 5.74) is 1.30. The fraction of sp³-hybridized carbons (Fsp3) is 0.522. The first kappa shape index (κ1) is 19.6. The molecular formula is C23H30NO3S+. The molecule has 2 aliphatic heterocycles. The van der Waals surface area contributed by atoms with Gasteiger partial charge in [0.15, 0.2) is 0 Å². The van der Waals surface area contributed by atoms with Crippen molar-refractivity contribution in [1.29, 1.82) is 0 Å². The minimum Gasteiger partial charge on any atom is -0.459 e. The minimum atomic E-state index is -0.317. The quantitative estimate of drug-likeness (QED) is 0.720. The predicted molar refractivity (Wildman–Crippen MR) is 111 cm³/mol. The van der Waals surface area contributed by atoms with Crippen LogP contribution in [0.25, 0.3) is 0 Å². The van der Waals surface area contributed by atoms with Gasteiger partial charge in [0.1, 0.15) is 12.4 Å². The Morgan fingerprint density at radius 2 is 1.89 bits per heavy atom. The molecule has 3 heterocycles. The summed E-state index contributed by atoms with van der Waals surface area (Å²) >= 11 is 1.78. The number of thioether (sulfide) groups is 1. The monoisotopic (exact) mass is 400 g/mol. The molecule has 28 heavy (non-hydrogen) atoms. The van der Waals surface area contributed by atoms with Crippen molar-refractivity contribution in [2.24, 2.45) is 5.92 Å². The first-order chi connectivity index (χ1) is 13.8. The Hall–Kier alpha value is -1.72. The Kier molecular flexibility index (Phi) is 6.76. The Balaban J connectivity index is 1.24. The van der Waals surface area contributed by atoms with Gasteiger partial charge in [-0.05, 0) is 49.8 Å². The predicted octanol–water partition coefficient (Wildman–Crippen LogP) is 3.72. The van der Waals surface area contributed by atoms with Gasteiger partial charge < -0.3 is 14.1 Å². The van der Waals surface area contributed by atoms with E-state index in [4.69, 9.17) is 9.15 Å². The number of carbonyl (C=O) groups excluding carboxylic acids is 1. The van der Waals surface area contributed by atoms with Gasteiger partial charge in [0.05, 0.1) is 24.9 Å². The Morgan fingerprint density at radius 3 is 2.79 bits per heavy atom. The second-order valence-corrected chi connectivity index (χ2v) is 8.99. The van der Waals surface area contributed by atoms with Crippen molar-refractivity contribution in [2.45, 2.75) is 49.7 Å². The molecule has 2 fully saturated rings. The zero-order chi connectivity index (χ0) is 19.2. The molecule has 0 bridgehead atoms. The van der Waals surface area contributed by atoms with E-state index in [2.05, 4.69) is 24.3 Å². The number of nitrogens with one attached hydrogen (secondary N) is 1. The molecule has 2 aromatic rings. The maximum Gasteiger partial charge on any atom is 0.374 e. The lowest BCUT2D eigenvalue weighted by Gasteiger charge is -2.40. The largest absolute Gasteiger partial charge is 0.459 e. The van der Waals surface area contributed by atoms with Crippen molar-refractivity contribution >= 4 is 17.7 Å². The van der Waals surface area contributed by atoms with Gasteiger partial charge in [0.25, 0.3) is 0 Å². The number of esters is 1. The molecule has 2 aliphatic rings. The van der Waals surface area contributed by atoms with Gasteiger partial charge in [0, 0.05) is 11.7 Å². The molecule has 1 aromatic heterocycles. The van der Waals surface area contributed by atoms with Crippen molar-refractivity contribution < 1.29 is 18.8 Å². The molecule has 1 unspecified atom stereocenters. The van der Waals surface area contributed by atoms with Crippen molar-refractivity contribution in [3.05, 3.63) is 59.5 Å². The van der Waals surface area contributed by atoms with Crippen molar-refractivity contribution in [3.8, 4) is 0 Å². The lowest BCUT2D eigenvalue weighted by molar-refractivity contribution is -0.940. The fourth-order valence-electron chi connectivity index (χ4n) is 4.64. The molecule has 2 saturated heterocycles. The highest BCUT2D eigenvalue weighted by molar-refractivity contribution is 7.97. The topological polar surface area (TPSA) is 43.9 Å². The number of quaternary nitrogens is 1. The molecule has 150 valence electrons. The van der Waals surface area contributed by atoms with Gasteiger partial charge in [0.2, 0.25) is 5.76 Å². The van der Waals surface area contributed by atoms with Crippen LogP contribution in [0, 0.1) is 5.92 Å². The summed E-state index contributed by atoms with van der Waals surface area (Å²) in [6.45, 7) is 3.11. The molecular weight excluding hydrogens is 370 g/mol. The summed E-state index contributed by atoms with van der Waals surface area (Å²) in [4.78, 5) is 14.2. The number of benzene rings is 1. The smallest absolute Gasteiger partial charge is 0.374 e. The number of fused-ring (bicyclic) bond motifs is 1. The molecule has 0 spiro atoms. The van der Waals surface area contributed by atoms with E-state index in [1.54, 1.807) is 22.7 Å². The molecule has 0 saturated carbocycles. The highest BCUT2D eigenvalue weighted by Crippen LogP contribution is 2.22. The molecule has 1 N–H and O–H groups in total. The number of furan rings is 1. The summed E-state index contributed by atoms with van der Waals surface area (Å²) in [5.74, 6) is 3.03. The molecule has 4 rings (SSSR count). The van der Waals surface area contributed by atoms with Crippen LogP contribution in [0.1, 0.15) is 54.0 Å². The van der Waals surface area contributed by atoms with E-state index in [1.165, 1.54) is 50.8 Å². The number of ether oxygens (including phenoxy) is 1. The molecule has 0 amide bonds. The van der Waals surface area contributed by atoms with Crippen LogP contribution in [0.4, 0.5) is 0 Å². The third kappa shape index (κ3) is 5.00. The van der Waals surface area contributed by atoms with Gasteiger partial charge in [-0.1, -0.05) is 30.3 Å². The third-order valence-electron chi connectivity index (χ3n) is 6.08. The molecule has 0 radical (unpaired) electrons. The van der Waals surface area contributed by atoms with E-state index >= 15 is 0 Å². The lowest BCUT2D eigenvalue weighted by Crippen LogP contribution is -3.18. The molecule has 5 heteroatoms. The Bertz CT molecular complexity index is 758. The molecule has 0 aliphatic carbocycles. The first-order valence-electron chi connectivity index (χ1n) is 10.5. The number of hydrogen-bond donors (Lipinski definition) is 1. The van der Waals surface area contributed by atoms with E-state index in [9.17, 15) is 4.79 Å². The summed E-state index contributed by atoms with van der Waals surface area (Å²) in [6, 6.07) is 14.7. The van der Waals surface area contributed by atoms with Crippen molar-refractivity contribution in [1.82, 2.24) is 0 Å². The Labute approximate surface area is 171 Å². The van der Waals surface area contributed by atoms with E-state index in [0.29, 0.717) is 24.3 Å². The fourth-order valence-corrected chi connectivity index (χ4v) is 5.53. The molecule has 1 aromatic carbocycles. The van der Waals surface area contributed by atoms with E-state index in [0.717, 1.165) is 17.3 Å². The molecule has 4 nitrogen and oxygen atoms in total. The summed E-state index contributed by atoms with van der Waals surface area (Å²) in [5, 5.41) is 0. The van der Waals surface area contributed by atoms with Crippen molar-refractivity contribution in [3.63, 3.8) is 0 Å². The van der Waals surface area contributed by atoms with Crippen LogP contribution in [0.15, 0.2) is 46.9 Å². The van der Waals surface area contributed by atoms with Gasteiger partial charge in [-0.25, -0.2) is 4.79 Å². The summed E-state index contributed by atoms with van der Waals surface area (Å²) in [6.07, 6.45) is 6.37. The van der Waals surface area contributed by atoms with Crippen LogP contribution in [0.5, 0.6) is 0 Å². The summed E-state index contributed by atoms with van der Waals surface area (Å²) in [7, 11) is 0. The van der Waals surface area contributed by atoms with Crippen LogP contribution in [-0.2, 0) is 16.2 Å². The highest BCUT2D eigenvalue weighted by Gasteiger charge is 2.37. The SMILES string of the molecule is O=C(OC[C@H]1CCC[NH+]2CCCC[C@H]12)c1ccc(CSCc2ccccc2)o1. The summed E-state index contributed by atoms with van der Waals surface area (Å²) < 4.78 is 11.4. The maximum atomic E-state index is 12.4. The second kappa shape index (κ2) is 9.66. The number of piperidine rings is 2. The minimum absolute atomic E-state index is 0.317. The maximum absolute atomic E-state index is 12.4. The van der Waals surface area contributed by atoms with Gasteiger partial charge in [-0.15, -0.1) is 11.8 Å².